The molecule has 2 aromatic heterocycles. The number of aryl methyl sites for hydroxylation is 1. The highest BCUT2D eigenvalue weighted by molar-refractivity contribution is 7.22. The van der Waals surface area contributed by atoms with Gasteiger partial charge in [0, 0.05) is 39.4 Å². The molecule has 0 saturated carbocycles. The molecule has 0 bridgehead atoms. The molecule has 0 unspecified atom stereocenters. The number of carbonyl (C=O) groups is 1. The summed E-state index contributed by atoms with van der Waals surface area (Å²) < 4.78 is 8.40. The minimum atomic E-state index is 0.0370. The average Bonchev–Trinajstić information content (AvgIpc) is 3.33. The van der Waals surface area contributed by atoms with Crippen molar-refractivity contribution in [3.63, 3.8) is 0 Å². The maximum atomic E-state index is 12.6. The summed E-state index contributed by atoms with van der Waals surface area (Å²) in [6.45, 7) is 4.44. The van der Waals surface area contributed by atoms with Crippen LogP contribution in [-0.4, -0.2) is 58.4 Å². The van der Waals surface area contributed by atoms with Crippen molar-refractivity contribution in [1.82, 2.24) is 19.7 Å². The molecule has 0 radical (unpaired) electrons. The predicted octanol–water partition coefficient (Wildman–Crippen LogP) is 3.17. The van der Waals surface area contributed by atoms with Crippen LogP contribution in [0.3, 0.4) is 0 Å². The molecule has 7 nitrogen and oxygen atoms in total. The van der Waals surface area contributed by atoms with Gasteiger partial charge in [0.25, 0.3) is 5.91 Å². The largest absolute Gasteiger partial charge is 0.494 e. The lowest BCUT2D eigenvalue weighted by molar-refractivity contribution is 0.0709. The van der Waals surface area contributed by atoms with Crippen LogP contribution < -0.4 is 9.64 Å². The third kappa shape index (κ3) is 3.69. The fourth-order valence-corrected chi connectivity index (χ4v) is 4.68. The summed E-state index contributed by atoms with van der Waals surface area (Å²) in [7, 11) is 3.72. The van der Waals surface area contributed by atoms with Crippen LogP contribution >= 0.6 is 11.3 Å². The highest BCUT2D eigenvalue weighted by atomic mass is 32.1. The minimum Gasteiger partial charge on any atom is -0.494 e. The Balaban J connectivity index is 1.41. The van der Waals surface area contributed by atoms with Gasteiger partial charge < -0.3 is 14.5 Å². The van der Waals surface area contributed by atoms with Gasteiger partial charge in [-0.1, -0.05) is 11.3 Å². The number of benzene rings is 1. The Morgan fingerprint density at radius 3 is 2.82 bits per heavy atom. The van der Waals surface area contributed by atoms with Crippen molar-refractivity contribution in [3.05, 3.63) is 36.2 Å². The van der Waals surface area contributed by atoms with Crippen molar-refractivity contribution in [3.8, 4) is 5.75 Å². The van der Waals surface area contributed by atoms with Gasteiger partial charge >= 0.3 is 0 Å². The Labute approximate surface area is 168 Å². The zero-order valence-corrected chi connectivity index (χ0v) is 17.3. The number of anilines is 1. The number of amides is 1. The molecule has 1 aliphatic rings. The van der Waals surface area contributed by atoms with Crippen molar-refractivity contribution >= 4 is 32.6 Å². The zero-order valence-electron chi connectivity index (χ0n) is 16.5. The van der Waals surface area contributed by atoms with Gasteiger partial charge in [-0.05, 0) is 38.0 Å². The highest BCUT2D eigenvalue weighted by Crippen LogP contribution is 2.33. The maximum Gasteiger partial charge on any atom is 0.257 e. The van der Waals surface area contributed by atoms with Crippen LogP contribution in [0, 0.1) is 0 Å². The Bertz CT molecular complexity index is 974. The topological polar surface area (TPSA) is 63.5 Å². The molecule has 3 aromatic rings. The number of fused-ring (bicyclic) bond motifs is 1. The van der Waals surface area contributed by atoms with Crippen molar-refractivity contribution in [2.24, 2.45) is 7.05 Å². The first-order valence-corrected chi connectivity index (χ1v) is 10.4. The third-order valence-corrected chi connectivity index (χ3v) is 6.29. The minimum absolute atomic E-state index is 0.0370. The number of rotatable bonds is 5. The van der Waals surface area contributed by atoms with Gasteiger partial charge in [0.1, 0.15) is 5.75 Å². The second-order valence-electron chi connectivity index (χ2n) is 7.10. The first-order valence-electron chi connectivity index (χ1n) is 9.59. The lowest BCUT2D eigenvalue weighted by Crippen LogP contribution is -2.45. The smallest absolute Gasteiger partial charge is 0.257 e. The van der Waals surface area contributed by atoms with E-state index in [0.29, 0.717) is 12.2 Å². The van der Waals surface area contributed by atoms with E-state index in [2.05, 4.69) is 16.1 Å². The molecule has 8 heteroatoms. The molecule has 28 heavy (non-hydrogen) atoms. The van der Waals surface area contributed by atoms with E-state index in [9.17, 15) is 4.79 Å². The predicted molar refractivity (Wildman–Crippen MR) is 111 cm³/mol. The maximum absolute atomic E-state index is 12.6. The van der Waals surface area contributed by atoms with Crippen LogP contribution in [0.2, 0.25) is 0 Å². The fourth-order valence-electron chi connectivity index (χ4n) is 3.63. The van der Waals surface area contributed by atoms with E-state index in [1.807, 2.05) is 38.1 Å². The number of aromatic nitrogens is 3. The molecule has 1 saturated heterocycles. The van der Waals surface area contributed by atoms with Crippen molar-refractivity contribution in [2.45, 2.75) is 25.8 Å². The van der Waals surface area contributed by atoms with Gasteiger partial charge in [-0.15, -0.1) is 0 Å². The first kappa shape index (κ1) is 18.7. The molecule has 3 heterocycles. The molecule has 0 spiro atoms. The van der Waals surface area contributed by atoms with E-state index < -0.39 is 0 Å². The van der Waals surface area contributed by atoms with E-state index in [1.165, 1.54) is 0 Å². The molecule has 1 fully saturated rings. The van der Waals surface area contributed by atoms with Crippen LogP contribution in [0.15, 0.2) is 30.6 Å². The van der Waals surface area contributed by atoms with E-state index in [0.717, 1.165) is 47.0 Å². The summed E-state index contributed by atoms with van der Waals surface area (Å²) in [5.41, 5.74) is 1.65. The lowest BCUT2D eigenvalue weighted by Gasteiger charge is -2.36. The Morgan fingerprint density at radius 2 is 2.14 bits per heavy atom. The summed E-state index contributed by atoms with van der Waals surface area (Å²) in [6.07, 6.45) is 5.27. The van der Waals surface area contributed by atoms with Crippen LogP contribution in [0.4, 0.5) is 5.13 Å². The summed E-state index contributed by atoms with van der Waals surface area (Å²) in [4.78, 5) is 21.6. The molecular weight excluding hydrogens is 374 g/mol. The summed E-state index contributed by atoms with van der Waals surface area (Å²) >= 11 is 1.70. The number of piperidine rings is 1. The van der Waals surface area contributed by atoms with E-state index in [1.54, 1.807) is 28.4 Å². The van der Waals surface area contributed by atoms with Crippen molar-refractivity contribution < 1.29 is 9.53 Å². The lowest BCUT2D eigenvalue weighted by atomic mass is 10.0. The van der Waals surface area contributed by atoms with Gasteiger partial charge in [0.2, 0.25) is 0 Å². The van der Waals surface area contributed by atoms with Gasteiger partial charge in [-0.2, -0.15) is 5.10 Å². The summed E-state index contributed by atoms with van der Waals surface area (Å²) in [5, 5.41) is 5.15. The van der Waals surface area contributed by atoms with Crippen LogP contribution in [0.1, 0.15) is 30.1 Å². The third-order valence-electron chi connectivity index (χ3n) is 5.21. The van der Waals surface area contributed by atoms with Crippen LogP contribution in [0.25, 0.3) is 10.2 Å². The number of hydrogen-bond acceptors (Lipinski definition) is 6. The summed E-state index contributed by atoms with van der Waals surface area (Å²) in [6, 6.07) is 6.30. The number of thiazole rings is 1. The number of carbonyl (C=O) groups excluding carboxylic acids is 1. The SMILES string of the molecule is CCOc1ccc2nc(N3CCC(N(C)C(=O)c4cnn(C)c4)CC3)sc2c1. The zero-order chi connectivity index (χ0) is 19.7. The molecular formula is C20H25N5O2S. The molecule has 4 rings (SSSR count). The van der Waals surface area contributed by atoms with Gasteiger partial charge in [0.05, 0.1) is 28.6 Å². The molecule has 0 N–H and O–H groups in total. The van der Waals surface area contributed by atoms with Gasteiger partial charge in [-0.3, -0.25) is 9.48 Å². The Hall–Kier alpha value is -2.61. The average molecular weight is 400 g/mol. The van der Waals surface area contributed by atoms with Crippen molar-refractivity contribution in [2.75, 3.05) is 31.6 Å². The fraction of sp³-hybridized carbons (Fsp3) is 0.450. The van der Waals surface area contributed by atoms with E-state index in [-0.39, 0.29) is 11.9 Å². The monoisotopic (exact) mass is 399 g/mol. The van der Waals surface area contributed by atoms with Gasteiger partial charge in [0.15, 0.2) is 5.13 Å². The normalized spacial score (nSPS) is 15.2. The van der Waals surface area contributed by atoms with Gasteiger partial charge in [-0.25, -0.2) is 4.98 Å². The number of nitrogens with zero attached hydrogens (tertiary/aromatic N) is 5. The number of hydrogen-bond donors (Lipinski definition) is 0. The molecule has 0 atom stereocenters. The molecule has 148 valence electrons. The molecule has 1 amide bonds. The van der Waals surface area contributed by atoms with E-state index >= 15 is 0 Å². The standard InChI is InChI=1S/C20H25N5O2S/c1-4-27-16-5-6-17-18(11-16)28-20(22-17)25-9-7-15(8-10-25)24(3)19(26)14-12-21-23(2)13-14/h5-6,11-13,15H,4,7-10H2,1-3H3. The van der Waals surface area contributed by atoms with E-state index in [4.69, 9.17) is 9.72 Å². The van der Waals surface area contributed by atoms with Crippen LogP contribution in [0.5, 0.6) is 5.75 Å². The van der Waals surface area contributed by atoms with Crippen molar-refractivity contribution in [1.29, 1.82) is 0 Å². The van der Waals surface area contributed by atoms with Crippen LogP contribution in [-0.2, 0) is 7.05 Å². The second kappa shape index (κ2) is 7.79. The highest BCUT2D eigenvalue weighted by Gasteiger charge is 2.27. The number of ether oxygens (including phenoxy) is 1. The molecule has 0 aliphatic carbocycles. The first-order chi connectivity index (χ1) is 13.5. The Morgan fingerprint density at radius 1 is 1.36 bits per heavy atom. The second-order valence-corrected chi connectivity index (χ2v) is 8.11. The Kier molecular flexibility index (Phi) is 5.21. The quantitative estimate of drug-likeness (QED) is 0.659. The molecule has 1 aromatic carbocycles. The summed E-state index contributed by atoms with van der Waals surface area (Å²) in [5.74, 6) is 0.925. The molecule has 1 aliphatic heterocycles.